The molecule has 6 nitrogen and oxygen atoms in total. The molecule has 0 amide bonds. The van der Waals surface area contributed by atoms with Gasteiger partial charge in [-0.1, -0.05) is 20.8 Å². The van der Waals surface area contributed by atoms with E-state index in [1.165, 1.54) is 6.26 Å². The molecular formula is C16H20N4O2S. The van der Waals surface area contributed by atoms with Crippen LogP contribution in [-0.2, 0) is 22.3 Å². The number of sulfone groups is 1. The first-order valence-corrected chi connectivity index (χ1v) is 9.20. The second kappa shape index (κ2) is 4.92. The number of aromatic amines is 1. The van der Waals surface area contributed by atoms with Gasteiger partial charge in [-0.05, 0) is 24.3 Å². The van der Waals surface area contributed by atoms with Gasteiger partial charge >= 0.3 is 0 Å². The standard InChI is InChI=1S/C16H20N4O2S/c1-16(2,3)13-12-15(20(4)19-13)18-14(17-12)10-6-8-11(9-7-10)23(5,21)22/h6-9H,1-5H3,(H,17,18). The summed E-state index contributed by atoms with van der Waals surface area (Å²) in [5.74, 6) is 0.707. The monoisotopic (exact) mass is 332 g/mol. The molecule has 0 spiro atoms. The van der Waals surface area contributed by atoms with Crippen LogP contribution in [0.3, 0.4) is 0 Å². The van der Waals surface area contributed by atoms with Crippen molar-refractivity contribution in [3.63, 3.8) is 0 Å². The lowest BCUT2D eigenvalue weighted by Crippen LogP contribution is -2.13. The van der Waals surface area contributed by atoms with Crippen molar-refractivity contribution in [1.29, 1.82) is 0 Å². The first kappa shape index (κ1) is 15.7. The van der Waals surface area contributed by atoms with Gasteiger partial charge in [0.15, 0.2) is 15.5 Å². The number of imidazole rings is 1. The van der Waals surface area contributed by atoms with E-state index < -0.39 is 9.84 Å². The minimum absolute atomic E-state index is 0.0938. The zero-order chi connectivity index (χ0) is 17.0. The summed E-state index contributed by atoms with van der Waals surface area (Å²) in [7, 11) is -1.32. The summed E-state index contributed by atoms with van der Waals surface area (Å²) >= 11 is 0. The minimum Gasteiger partial charge on any atom is -0.335 e. The van der Waals surface area contributed by atoms with E-state index in [0.29, 0.717) is 10.7 Å². The van der Waals surface area contributed by atoms with Crippen LogP contribution in [0.4, 0.5) is 0 Å². The van der Waals surface area contributed by atoms with E-state index in [1.54, 1.807) is 28.9 Å². The predicted molar refractivity (Wildman–Crippen MR) is 90.1 cm³/mol. The van der Waals surface area contributed by atoms with E-state index in [0.717, 1.165) is 22.4 Å². The number of aromatic nitrogens is 4. The van der Waals surface area contributed by atoms with Gasteiger partial charge < -0.3 is 4.98 Å². The van der Waals surface area contributed by atoms with E-state index >= 15 is 0 Å². The molecule has 0 aliphatic heterocycles. The molecule has 1 N–H and O–H groups in total. The summed E-state index contributed by atoms with van der Waals surface area (Å²) in [4.78, 5) is 8.23. The molecule has 0 atom stereocenters. The third-order valence-electron chi connectivity index (χ3n) is 3.74. The highest BCUT2D eigenvalue weighted by molar-refractivity contribution is 7.90. The molecule has 0 bridgehead atoms. The lowest BCUT2D eigenvalue weighted by atomic mass is 9.92. The molecule has 7 heteroatoms. The third-order valence-corrected chi connectivity index (χ3v) is 4.87. The Bertz CT molecular complexity index is 974. The summed E-state index contributed by atoms with van der Waals surface area (Å²) in [5, 5.41) is 4.55. The number of hydrogen-bond donors (Lipinski definition) is 1. The molecule has 0 saturated carbocycles. The van der Waals surface area contributed by atoms with Crippen LogP contribution in [0.2, 0.25) is 0 Å². The summed E-state index contributed by atoms with van der Waals surface area (Å²) in [6.45, 7) is 6.32. The van der Waals surface area contributed by atoms with Gasteiger partial charge in [-0.15, -0.1) is 0 Å². The fraction of sp³-hybridized carbons (Fsp3) is 0.375. The molecule has 0 aliphatic rings. The van der Waals surface area contributed by atoms with Crippen molar-refractivity contribution in [1.82, 2.24) is 19.7 Å². The van der Waals surface area contributed by atoms with Crippen molar-refractivity contribution in [2.24, 2.45) is 7.05 Å². The normalized spacial score (nSPS) is 12.9. The molecular weight excluding hydrogens is 312 g/mol. The molecule has 1 aromatic carbocycles. The first-order valence-electron chi connectivity index (χ1n) is 7.31. The lowest BCUT2D eigenvalue weighted by molar-refractivity contribution is 0.556. The minimum atomic E-state index is -3.19. The molecule has 122 valence electrons. The van der Waals surface area contributed by atoms with Crippen LogP contribution >= 0.6 is 0 Å². The van der Waals surface area contributed by atoms with Crippen molar-refractivity contribution in [2.75, 3.05) is 6.26 Å². The highest BCUT2D eigenvalue weighted by Crippen LogP contribution is 2.30. The van der Waals surface area contributed by atoms with Crippen molar-refractivity contribution < 1.29 is 8.42 Å². The quantitative estimate of drug-likeness (QED) is 0.782. The van der Waals surface area contributed by atoms with E-state index in [9.17, 15) is 8.42 Å². The summed E-state index contributed by atoms with van der Waals surface area (Å²) in [5.41, 5.74) is 3.41. The second-order valence-electron chi connectivity index (χ2n) is 6.80. The molecule has 3 rings (SSSR count). The third kappa shape index (κ3) is 2.76. The fourth-order valence-electron chi connectivity index (χ4n) is 2.53. The van der Waals surface area contributed by atoms with Gasteiger partial charge in [0.25, 0.3) is 0 Å². The number of nitrogens with zero attached hydrogens (tertiary/aromatic N) is 3. The van der Waals surface area contributed by atoms with Gasteiger partial charge in [0.05, 0.1) is 10.6 Å². The number of benzene rings is 1. The Hall–Kier alpha value is -2.15. The Kier molecular flexibility index (Phi) is 3.37. The highest BCUT2D eigenvalue weighted by Gasteiger charge is 2.24. The number of H-pyrrole nitrogens is 1. The number of aryl methyl sites for hydroxylation is 1. The van der Waals surface area contributed by atoms with Gasteiger partial charge in [0.1, 0.15) is 11.3 Å². The molecule has 0 aliphatic carbocycles. The summed E-state index contributed by atoms with van der Waals surface area (Å²) < 4.78 is 24.9. The van der Waals surface area contributed by atoms with Crippen molar-refractivity contribution in [2.45, 2.75) is 31.1 Å². The predicted octanol–water partition coefficient (Wildman–Crippen LogP) is 2.66. The Morgan fingerprint density at radius 1 is 1.13 bits per heavy atom. The molecule has 23 heavy (non-hydrogen) atoms. The van der Waals surface area contributed by atoms with Crippen LogP contribution in [0.25, 0.3) is 22.6 Å². The molecule has 2 heterocycles. The molecule has 0 radical (unpaired) electrons. The van der Waals surface area contributed by atoms with Crippen LogP contribution in [-0.4, -0.2) is 34.4 Å². The van der Waals surface area contributed by atoms with Crippen LogP contribution in [0.5, 0.6) is 0 Å². The Labute approximate surface area is 135 Å². The highest BCUT2D eigenvalue weighted by atomic mass is 32.2. The number of rotatable bonds is 2. The zero-order valence-electron chi connectivity index (χ0n) is 13.9. The van der Waals surface area contributed by atoms with Crippen molar-refractivity contribution in [3.8, 4) is 11.4 Å². The molecule has 3 aromatic rings. The van der Waals surface area contributed by atoms with E-state index in [1.807, 2.05) is 7.05 Å². The Balaban J connectivity index is 2.11. The van der Waals surface area contributed by atoms with E-state index in [2.05, 4.69) is 35.8 Å². The summed E-state index contributed by atoms with van der Waals surface area (Å²) in [6, 6.07) is 6.72. The van der Waals surface area contributed by atoms with E-state index in [4.69, 9.17) is 0 Å². The van der Waals surface area contributed by atoms with Crippen molar-refractivity contribution in [3.05, 3.63) is 30.0 Å². The van der Waals surface area contributed by atoms with Gasteiger partial charge in [0, 0.05) is 24.3 Å². The summed E-state index contributed by atoms with van der Waals surface area (Å²) in [6.07, 6.45) is 1.20. The first-order chi connectivity index (χ1) is 10.6. The largest absolute Gasteiger partial charge is 0.335 e. The number of hydrogen-bond acceptors (Lipinski definition) is 4. The molecule has 2 aromatic heterocycles. The Morgan fingerprint density at radius 2 is 1.74 bits per heavy atom. The van der Waals surface area contributed by atoms with Crippen LogP contribution in [0.1, 0.15) is 26.5 Å². The van der Waals surface area contributed by atoms with Gasteiger partial charge in [-0.3, -0.25) is 0 Å². The average molecular weight is 332 g/mol. The van der Waals surface area contributed by atoms with Crippen LogP contribution in [0, 0.1) is 0 Å². The SMILES string of the molecule is Cn1nc(C(C)(C)C)c2[nH]c(-c3ccc(S(C)(=O)=O)cc3)nc21. The maximum absolute atomic E-state index is 11.5. The number of nitrogens with one attached hydrogen (secondary N) is 1. The van der Waals surface area contributed by atoms with Crippen LogP contribution < -0.4 is 0 Å². The van der Waals surface area contributed by atoms with Crippen LogP contribution in [0.15, 0.2) is 29.2 Å². The van der Waals surface area contributed by atoms with E-state index in [-0.39, 0.29) is 5.41 Å². The molecule has 0 unspecified atom stereocenters. The lowest BCUT2D eigenvalue weighted by Gasteiger charge is -2.14. The Morgan fingerprint density at radius 3 is 2.26 bits per heavy atom. The topological polar surface area (TPSA) is 80.6 Å². The molecule has 0 fully saturated rings. The fourth-order valence-corrected chi connectivity index (χ4v) is 3.16. The second-order valence-corrected chi connectivity index (χ2v) is 8.82. The maximum Gasteiger partial charge on any atom is 0.176 e. The van der Waals surface area contributed by atoms with Gasteiger partial charge in [-0.25, -0.2) is 18.1 Å². The smallest absolute Gasteiger partial charge is 0.176 e. The number of fused-ring (bicyclic) bond motifs is 1. The zero-order valence-corrected chi connectivity index (χ0v) is 14.7. The molecule has 0 saturated heterocycles. The van der Waals surface area contributed by atoms with Crippen molar-refractivity contribution >= 4 is 21.0 Å². The van der Waals surface area contributed by atoms with Gasteiger partial charge in [0.2, 0.25) is 0 Å². The van der Waals surface area contributed by atoms with Gasteiger partial charge in [-0.2, -0.15) is 5.10 Å². The average Bonchev–Trinajstić information content (AvgIpc) is 2.98. The maximum atomic E-state index is 11.5.